The monoisotopic (exact) mass is 323 g/mol. The van der Waals surface area contributed by atoms with Gasteiger partial charge in [0.05, 0.1) is 11.7 Å². The van der Waals surface area contributed by atoms with Crippen LogP contribution in [0.25, 0.3) is 0 Å². The van der Waals surface area contributed by atoms with Crippen LogP contribution in [-0.4, -0.2) is 35.2 Å². The molecule has 1 aromatic rings. The van der Waals surface area contributed by atoms with Crippen molar-refractivity contribution in [2.45, 2.75) is 44.6 Å². The number of halogens is 2. The van der Waals surface area contributed by atoms with E-state index < -0.39 is 18.4 Å². The zero-order valence-corrected chi connectivity index (χ0v) is 13.4. The highest BCUT2D eigenvalue weighted by molar-refractivity contribution is 5.92. The van der Waals surface area contributed by atoms with Gasteiger partial charge < -0.3 is 16.4 Å². The van der Waals surface area contributed by atoms with Gasteiger partial charge in [0.1, 0.15) is 5.84 Å². The summed E-state index contributed by atoms with van der Waals surface area (Å²) in [5.41, 5.74) is 13.2. The van der Waals surface area contributed by atoms with Gasteiger partial charge in [-0.2, -0.15) is 0 Å². The first-order chi connectivity index (χ1) is 10.7. The fraction of sp³-hybridized carbons (Fsp3) is 0.500. The van der Waals surface area contributed by atoms with E-state index in [0.717, 1.165) is 5.56 Å². The summed E-state index contributed by atoms with van der Waals surface area (Å²) in [7, 11) is 0. The van der Waals surface area contributed by atoms with Crippen molar-refractivity contribution in [1.82, 2.24) is 4.90 Å². The van der Waals surface area contributed by atoms with E-state index in [1.165, 1.54) is 4.90 Å². The van der Waals surface area contributed by atoms with Crippen LogP contribution in [0.15, 0.2) is 29.3 Å². The van der Waals surface area contributed by atoms with Crippen LogP contribution in [0.4, 0.5) is 14.5 Å². The Labute approximate surface area is 134 Å². The van der Waals surface area contributed by atoms with Gasteiger partial charge in [-0.25, -0.2) is 13.8 Å². The molecule has 7 heteroatoms. The summed E-state index contributed by atoms with van der Waals surface area (Å²) < 4.78 is 27.4. The molecule has 0 aromatic heterocycles. The number of nitrogens with two attached hydrogens (primary N) is 2. The highest BCUT2D eigenvalue weighted by Gasteiger charge is 2.42. The Kier molecular flexibility index (Phi) is 4.87. The lowest BCUT2D eigenvalue weighted by molar-refractivity contribution is -0.0526. The van der Waals surface area contributed by atoms with Gasteiger partial charge in [0.2, 0.25) is 0 Å². The van der Waals surface area contributed by atoms with E-state index in [9.17, 15) is 8.78 Å². The summed E-state index contributed by atoms with van der Waals surface area (Å²) in [4.78, 5) is 5.62. The van der Waals surface area contributed by atoms with Gasteiger partial charge in [-0.05, 0) is 23.6 Å². The predicted octanol–water partition coefficient (Wildman–Crippen LogP) is 2.79. The van der Waals surface area contributed by atoms with Gasteiger partial charge in [-0.15, -0.1) is 0 Å². The average molecular weight is 323 g/mol. The number of aliphatic imine (C=N–C) groups is 1. The molecule has 0 amide bonds. The maximum atomic E-state index is 13.7. The third kappa shape index (κ3) is 4.18. The zero-order valence-electron chi connectivity index (χ0n) is 13.4. The molecule has 0 saturated carbocycles. The Morgan fingerprint density at radius 1 is 1.30 bits per heavy atom. The fourth-order valence-corrected chi connectivity index (χ4v) is 2.64. The second-order valence-corrected chi connectivity index (χ2v) is 6.19. The van der Waals surface area contributed by atoms with Crippen LogP contribution in [-0.2, 0) is 0 Å². The van der Waals surface area contributed by atoms with Crippen molar-refractivity contribution in [3.05, 3.63) is 29.8 Å². The maximum Gasteiger partial charge on any atom is 0.252 e. The van der Waals surface area contributed by atoms with Crippen LogP contribution < -0.4 is 11.5 Å². The third-order valence-corrected chi connectivity index (χ3v) is 4.06. The van der Waals surface area contributed by atoms with Crippen LogP contribution >= 0.6 is 0 Å². The fourth-order valence-electron chi connectivity index (χ4n) is 2.64. The van der Waals surface area contributed by atoms with Crippen molar-refractivity contribution in [2.75, 3.05) is 6.54 Å². The van der Waals surface area contributed by atoms with Crippen LogP contribution in [0.2, 0.25) is 0 Å². The smallest absolute Gasteiger partial charge is 0.252 e. The number of hydrogen-bond donors (Lipinski definition) is 3. The lowest BCUT2D eigenvalue weighted by atomic mass is 9.98. The minimum absolute atomic E-state index is 0.00446. The van der Waals surface area contributed by atoms with E-state index in [4.69, 9.17) is 16.9 Å². The summed E-state index contributed by atoms with van der Waals surface area (Å²) in [6.45, 7) is 4.17. The lowest BCUT2D eigenvalue weighted by Crippen LogP contribution is -2.56. The summed E-state index contributed by atoms with van der Waals surface area (Å²) in [5.74, 6) is -2.63. The van der Waals surface area contributed by atoms with Crippen molar-refractivity contribution in [2.24, 2.45) is 16.5 Å². The Hall–Kier alpha value is -2.18. The van der Waals surface area contributed by atoms with Crippen LogP contribution in [0, 0.1) is 5.41 Å². The number of piperidine rings is 1. The first-order valence-electron chi connectivity index (χ1n) is 7.62. The van der Waals surface area contributed by atoms with Gasteiger partial charge in [-0.1, -0.05) is 26.0 Å². The van der Waals surface area contributed by atoms with Crippen molar-refractivity contribution in [3.63, 3.8) is 0 Å². The quantitative estimate of drug-likeness (QED) is 0.590. The molecule has 0 bridgehead atoms. The Morgan fingerprint density at radius 3 is 2.43 bits per heavy atom. The van der Waals surface area contributed by atoms with Gasteiger partial charge in [-0.3, -0.25) is 5.41 Å². The molecular formula is C16H23F2N5. The number of amidine groups is 1. The van der Waals surface area contributed by atoms with Crippen molar-refractivity contribution in [1.29, 1.82) is 5.41 Å². The summed E-state index contributed by atoms with van der Waals surface area (Å²) in [6, 6.07) is 6.63. The van der Waals surface area contributed by atoms with Crippen molar-refractivity contribution in [3.8, 4) is 0 Å². The molecule has 0 spiro atoms. The number of likely N-dealkylation sites (tertiary alicyclic amines) is 1. The van der Waals surface area contributed by atoms with Crippen LogP contribution in [0.5, 0.6) is 0 Å². The van der Waals surface area contributed by atoms with Crippen molar-refractivity contribution >= 4 is 17.5 Å². The highest BCUT2D eigenvalue weighted by Crippen LogP contribution is 2.32. The van der Waals surface area contributed by atoms with Crippen LogP contribution in [0.3, 0.4) is 0 Å². The number of rotatable bonds is 3. The molecule has 1 atom stereocenters. The molecule has 1 aliphatic rings. The molecule has 1 aromatic carbocycles. The van der Waals surface area contributed by atoms with Crippen molar-refractivity contribution < 1.29 is 8.78 Å². The molecule has 23 heavy (non-hydrogen) atoms. The first kappa shape index (κ1) is 17.2. The third-order valence-electron chi connectivity index (χ3n) is 4.06. The molecule has 0 radical (unpaired) electrons. The van der Waals surface area contributed by atoms with E-state index in [1.807, 2.05) is 12.1 Å². The molecule has 1 aliphatic heterocycles. The van der Waals surface area contributed by atoms with Gasteiger partial charge in [0, 0.05) is 19.4 Å². The van der Waals surface area contributed by atoms with Gasteiger partial charge in [0.15, 0.2) is 5.96 Å². The van der Waals surface area contributed by atoms with E-state index >= 15 is 0 Å². The summed E-state index contributed by atoms with van der Waals surface area (Å²) in [6.07, 6.45) is -0.814. The molecule has 0 aliphatic carbocycles. The molecule has 2 rings (SSSR count). The van der Waals surface area contributed by atoms with Gasteiger partial charge in [0.25, 0.3) is 5.92 Å². The van der Waals surface area contributed by atoms with E-state index in [-0.39, 0.29) is 24.8 Å². The second kappa shape index (κ2) is 6.52. The topological polar surface area (TPSA) is 91.5 Å². The first-order valence-corrected chi connectivity index (χ1v) is 7.62. The number of hydrogen-bond acceptors (Lipinski definition) is 2. The molecule has 1 fully saturated rings. The Balaban J connectivity index is 2.24. The molecule has 1 saturated heterocycles. The van der Waals surface area contributed by atoms with E-state index in [2.05, 4.69) is 18.8 Å². The number of nitrogens with one attached hydrogen (secondary N) is 1. The average Bonchev–Trinajstić information content (AvgIpc) is 2.46. The molecule has 1 heterocycles. The normalized spacial score (nSPS) is 21.5. The minimum Gasteiger partial charge on any atom is -0.385 e. The SMILES string of the molecule is CC(C)c1ccc(N=C(N)C2CC(F)(F)CCN2C(=N)N)cc1. The van der Waals surface area contributed by atoms with Crippen LogP contribution in [0.1, 0.15) is 38.2 Å². The maximum absolute atomic E-state index is 13.7. The number of alkyl halides is 2. The molecule has 5 N–H and O–H groups in total. The molecule has 5 nitrogen and oxygen atoms in total. The number of nitrogens with zero attached hydrogens (tertiary/aromatic N) is 2. The molecule has 126 valence electrons. The van der Waals surface area contributed by atoms with E-state index in [0.29, 0.717) is 11.6 Å². The van der Waals surface area contributed by atoms with E-state index in [1.54, 1.807) is 12.1 Å². The Bertz CT molecular complexity index is 595. The predicted molar refractivity (Wildman–Crippen MR) is 88.4 cm³/mol. The number of guanidine groups is 1. The second-order valence-electron chi connectivity index (χ2n) is 6.19. The molecule has 1 unspecified atom stereocenters. The highest BCUT2D eigenvalue weighted by atomic mass is 19.3. The lowest BCUT2D eigenvalue weighted by Gasteiger charge is -2.39. The standard InChI is InChI=1S/C16H23F2N5/c1-10(2)11-3-5-12(6-4-11)22-14(19)13-9-16(17,18)7-8-23(13)15(20)21/h3-6,10,13H,7-9H2,1-2H3,(H2,19,22)(H3,20,21). The van der Waals surface area contributed by atoms with Gasteiger partial charge >= 0.3 is 0 Å². The molecular weight excluding hydrogens is 300 g/mol. The Morgan fingerprint density at radius 2 is 1.91 bits per heavy atom. The summed E-state index contributed by atoms with van der Waals surface area (Å²) in [5, 5.41) is 7.55. The largest absolute Gasteiger partial charge is 0.385 e. The minimum atomic E-state index is -2.82. The zero-order chi connectivity index (χ0) is 17.2. The summed E-state index contributed by atoms with van der Waals surface area (Å²) >= 11 is 0. The number of benzene rings is 1.